The molecule has 0 spiro atoms. The fourth-order valence-electron chi connectivity index (χ4n) is 3.08. The largest absolute Gasteiger partial charge is 0.493 e. The molecule has 0 saturated heterocycles. The highest BCUT2D eigenvalue weighted by atomic mass is 127. The Bertz CT molecular complexity index is 1120. The van der Waals surface area contributed by atoms with E-state index in [0.29, 0.717) is 29.6 Å². The lowest BCUT2D eigenvalue weighted by molar-refractivity contribution is -0.120. The average molecular weight is 560 g/mol. The number of hydrogen-bond acceptors (Lipinski definition) is 6. The third-order valence-electron chi connectivity index (χ3n) is 4.69. The molecule has 0 aliphatic heterocycles. The Kier molecular flexibility index (Phi) is 8.94. The van der Waals surface area contributed by atoms with Crippen molar-refractivity contribution in [2.45, 2.75) is 13.0 Å². The van der Waals surface area contributed by atoms with Gasteiger partial charge >= 0.3 is 0 Å². The van der Waals surface area contributed by atoms with Gasteiger partial charge in [0.05, 0.1) is 37.5 Å². The first-order chi connectivity index (χ1) is 16.0. The summed E-state index contributed by atoms with van der Waals surface area (Å²) in [5.74, 6) is 2.19. The molecule has 0 heterocycles. The molecule has 0 aromatic heterocycles. The van der Waals surface area contributed by atoms with Crippen LogP contribution in [0, 0.1) is 3.57 Å². The summed E-state index contributed by atoms with van der Waals surface area (Å²) in [5, 5.41) is 4.07. The fourth-order valence-corrected chi connectivity index (χ4v) is 3.86. The molecule has 1 amide bonds. The molecular weight excluding hydrogens is 535 g/mol. The number of hydrogen-bond donors (Lipinski definition) is 1. The van der Waals surface area contributed by atoms with Gasteiger partial charge in [-0.2, -0.15) is 5.10 Å². The van der Waals surface area contributed by atoms with E-state index in [-0.39, 0.29) is 12.3 Å². The van der Waals surface area contributed by atoms with Crippen LogP contribution in [0.4, 0.5) is 0 Å². The number of nitrogens with one attached hydrogen (secondary N) is 1. The molecule has 0 atom stereocenters. The van der Waals surface area contributed by atoms with Gasteiger partial charge in [0.25, 0.3) is 0 Å². The third kappa shape index (κ3) is 6.85. The zero-order valence-corrected chi connectivity index (χ0v) is 20.8. The van der Waals surface area contributed by atoms with E-state index in [9.17, 15) is 4.79 Å². The van der Waals surface area contributed by atoms with Gasteiger partial charge in [0, 0.05) is 0 Å². The van der Waals surface area contributed by atoms with Crippen LogP contribution in [-0.4, -0.2) is 33.5 Å². The van der Waals surface area contributed by atoms with E-state index in [2.05, 4.69) is 33.1 Å². The van der Waals surface area contributed by atoms with Crippen molar-refractivity contribution in [1.82, 2.24) is 5.43 Å². The molecule has 0 bridgehead atoms. The Hall–Kier alpha value is -3.27. The topological polar surface area (TPSA) is 78.4 Å². The molecule has 3 aromatic rings. The summed E-state index contributed by atoms with van der Waals surface area (Å²) < 4.78 is 22.8. The number of halogens is 1. The normalized spacial score (nSPS) is 10.7. The Morgan fingerprint density at radius 3 is 2.33 bits per heavy atom. The van der Waals surface area contributed by atoms with Gasteiger partial charge in [-0.3, -0.25) is 4.79 Å². The van der Waals surface area contributed by atoms with Gasteiger partial charge in [-0.15, -0.1) is 0 Å². The molecule has 0 fully saturated rings. The van der Waals surface area contributed by atoms with Crippen LogP contribution in [0.5, 0.6) is 23.0 Å². The summed E-state index contributed by atoms with van der Waals surface area (Å²) in [6, 6.07) is 19.0. The summed E-state index contributed by atoms with van der Waals surface area (Å²) >= 11 is 2.19. The van der Waals surface area contributed by atoms with E-state index >= 15 is 0 Å². The maximum absolute atomic E-state index is 12.3. The summed E-state index contributed by atoms with van der Waals surface area (Å²) in [6.07, 6.45) is 1.73. The lowest BCUT2D eigenvalue weighted by Crippen LogP contribution is -2.19. The highest BCUT2D eigenvalue weighted by molar-refractivity contribution is 14.1. The molecule has 7 nitrogen and oxygen atoms in total. The first-order valence-corrected chi connectivity index (χ1v) is 11.2. The average Bonchev–Trinajstić information content (AvgIpc) is 2.83. The quantitative estimate of drug-likeness (QED) is 0.223. The van der Waals surface area contributed by atoms with Gasteiger partial charge < -0.3 is 18.9 Å². The monoisotopic (exact) mass is 560 g/mol. The van der Waals surface area contributed by atoms with Gasteiger partial charge in [-0.1, -0.05) is 36.4 Å². The molecule has 3 rings (SSSR count). The van der Waals surface area contributed by atoms with Crippen molar-refractivity contribution < 1.29 is 23.7 Å². The van der Waals surface area contributed by atoms with Crippen LogP contribution in [0.1, 0.15) is 16.7 Å². The van der Waals surface area contributed by atoms with Crippen LogP contribution < -0.4 is 24.4 Å². The maximum atomic E-state index is 12.3. The summed E-state index contributed by atoms with van der Waals surface area (Å²) in [4.78, 5) is 12.3. The summed E-state index contributed by atoms with van der Waals surface area (Å²) in [6.45, 7) is 0.437. The summed E-state index contributed by atoms with van der Waals surface area (Å²) in [7, 11) is 4.71. The molecule has 8 heteroatoms. The van der Waals surface area contributed by atoms with Crippen molar-refractivity contribution in [3.63, 3.8) is 0 Å². The van der Waals surface area contributed by atoms with Gasteiger partial charge in [0.15, 0.2) is 23.0 Å². The van der Waals surface area contributed by atoms with Crippen LogP contribution in [-0.2, 0) is 17.8 Å². The second-order valence-electron chi connectivity index (χ2n) is 6.97. The van der Waals surface area contributed by atoms with Crippen LogP contribution in [0.15, 0.2) is 65.8 Å². The first-order valence-electron chi connectivity index (χ1n) is 10.1. The number of ether oxygens (including phenoxy) is 4. The van der Waals surface area contributed by atoms with E-state index in [0.717, 1.165) is 20.3 Å². The second-order valence-corrected chi connectivity index (χ2v) is 8.13. The molecule has 0 radical (unpaired) electrons. The number of nitrogens with zero attached hydrogens (tertiary/aromatic N) is 1. The standard InChI is InChI=1S/C25H25IN2O5/c1-30-21-10-9-18(12-22(21)31-2)14-24(29)28-27-15-19-11-20(26)25(23(13-19)32-3)33-16-17-7-5-4-6-8-17/h4-13,15H,14,16H2,1-3H3,(H,28,29)/b27-15+. The van der Waals surface area contributed by atoms with Gasteiger partial charge in [0.2, 0.25) is 5.91 Å². The molecule has 3 aromatic carbocycles. The van der Waals surface area contributed by atoms with Crippen LogP contribution >= 0.6 is 22.6 Å². The highest BCUT2D eigenvalue weighted by Gasteiger charge is 2.12. The zero-order chi connectivity index (χ0) is 23.6. The van der Waals surface area contributed by atoms with Crippen LogP contribution in [0.2, 0.25) is 0 Å². The number of benzene rings is 3. The minimum Gasteiger partial charge on any atom is -0.493 e. The predicted molar refractivity (Wildman–Crippen MR) is 135 cm³/mol. The number of carbonyl (C=O) groups is 1. The Balaban J connectivity index is 1.62. The van der Waals surface area contributed by atoms with Gasteiger partial charge in [0.1, 0.15) is 6.61 Å². The minimum absolute atomic E-state index is 0.158. The SMILES string of the molecule is COc1ccc(CC(=O)N/N=C/c2cc(I)c(OCc3ccccc3)c(OC)c2)cc1OC. The van der Waals surface area contributed by atoms with Crippen molar-refractivity contribution in [2.75, 3.05) is 21.3 Å². The molecule has 172 valence electrons. The Morgan fingerprint density at radius 1 is 0.909 bits per heavy atom. The first kappa shape index (κ1) is 24.4. The lowest BCUT2D eigenvalue weighted by atomic mass is 10.1. The molecule has 33 heavy (non-hydrogen) atoms. The van der Waals surface area contributed by atoms with Gasteiger partial charge in [-0.25, -0.2) is 5.43 Å². The number of rotatable bonds is 10. The number of methoxy groups -OCH3 is 3. The number of amides is 1. The third-order valence-corrected chi connectivity index (χ3v) is 5.49. The van der Waals surface area contributed by atoms with E-state index in [1.807, 2.05) is 48.5 Å². The van der Waals surface area contributed by atoms with Crippen molar-refractivity contribution in [3.05, 3.63) is 80.9 Å². The number of hydrazone groups is 1. The minimum atomic E-state index is -0.247. The zero-order valence-electron chi connectivity index (χ0n) is 18.6. The van der Waals surface area contributed by atoms with Crippen LogP contribution in [0.25, 0.3) is 0 Å². The van der Waals surface area contributed by atoms with Crippen LogP contribution in [0.3, 0.4) is 0 Å². The molecule has 0 saturated carbocycles. The Labute approximate surface area is 206 Å². The molecule has 0 aliphatic rings. The Morgan fingerprint density at radius 2 is 1.64 bits per heavy atom. The van der Waals surface area contributed by atoms with E-state index < -0.39 is 0 Å². The van der Waals surface area contributed by atoms with E-state index in [1.165, 1.54) is 0 Å². The predicted octanol–water partition coefficient (Wildman–Crippen LogP) is 4.59. The second kappa shape index (κ2) is 12.1. The van der Waals surface area contributed by atoms with Crippen molar-refractivity contribution in [3.8, 4) is 23.0 Å². The van der Waals surface area contributed by atoms with Crippen molar-refractivity contribution in [2.24, 2.45) is 5.10 Å². The highest BCUT2D eigenvalue weighted by Crippen LogP contribution is 2.34. The lowest BCUT2D eigenvalue weighted by Gasteiger charge is -2.13. The van der Waals surface area contributed by atoms with Crippen molar-refractivity contribution in [1.29, 1.82) is 0 Å². The maximum Gasteiger partial charge on any atom is 0.244 e. The van der Waals surface area contributed by atoms with Crippen molar-refractivity contribution >= 4 is 34.7 Å². The van der Waals surface area contributed by atoms with Gasteiger partial charge in [-0.05, 0) is 63.5 Å². The fraction of sp³-hybridized carbons (Fsp3) is 0.200. The summed E-state index contributed by atoms with van der Waals surface area (Å²) in [5.41, 5.74) is 5.18. The van der Waals surface area contributed by atoms with E-state index in [4.69, 9.17) is 18.9 Å². The molecule has 1 N–H and O–H groups in total. The molecular formula is C25H25IN2O5. The molecule has 0 unspecified atom stereocenters. The molecule has 0 aliphatic carbocycles. The smallest absolute Gasteiger partial charge is 0.244 e. The van der Waals surface area contributed by atoms with E-state index in [1.54, 1.807) is 39.7 Å². The number of carbonyl (C=O) groups excluding carboxylic acids is 1.